The van der Waals surface area contributed by atoms with Gasteiger partial charge in [-0.1, -0.05) is 37.0 Å². The van der Waals surface area contributed by atoms with Crippen molar-refractivity contribution in [3.63, 3.8) is 0 Å². The molecule has 0 saturated heterocycles. The van der Waals surface area contributed by atoms with E-state index < -0.39 is 11.2 Å². The minimum atomic E-state index is -0.590. The first-order valence-corrected chi connectivity index (χ1v) is 7.38. The number of aromatic amines is 1. The van der Waals surface area contributed by atoms with E-state index in [0.717, 1.165) is 4.57 Å². The van der Waals surface area contributed by atoms with Gasteiger partial charge in [0, 0.05) is 9.50 Å². The zero-order valence-corrected chi connectivity index (χ0v) is 13.8. The van der Waals surface area contributed by atoms with Crippen molar-refractivity contribution >= 4 is 39.1 Å². The molecule has 1 aromatic carbocycles. The van der Waals surface area contributed by atoms with E-state index in [1.807, 2.05) is 13.8 Å². The number of H-pyrrole nitrogens is 1. The Hall–Kier alpha value is -1.04. The third kappa shape index (κ3) is 2.71. The molecule has 2 aromatic rings. The molecule has 0 unspecified atom stereocenters. The summed E-state index contributed by atoms with van der Waals surface area (Å²) in [6, 6.07) is 4.82. The predicted octanol–water partition coefficient (Wildman–Crippen LogP) is 3.72. The molecule has 0 amide bonds. The average Bonchev–Trinajstić information content (AvgIpc) is 2.30. The maximum atomic E-state index is 12.5. The Bertz CT molecular complexity index is 781. The van der Waals surface area contributed by atoms with E-state index in [-0.39, 0.29) is 11.1 Å². The molecule has 1 aromatic heterocycles. The number of rotatable bonds is 2. The smallest absolute Gasteiger partial charge is 0.297 e. The van der Waals surface area contributed by atoms with E-state index in [9.17, 15) is 9.59 Å². The minimum absolute atomic E-state index is 0.0799. The van der Waals surface area contributed by atoms with Gasteiger partial charge in [0.25, 0.3) is 5.56 Å². The van der Waals surface area contributed by atoms with Crippen LogP contribution >= 0.6 is 39.1 Å². The first kappa shape index (κ1) is 15.4. The molecule has 0 aliphatic heterocycles. The van der Waals surface area contributed by atoms with Crippen LogP contribution in [0.25, 0.3) is 5.69 Å². The van der Waals surface area contributed by atoms with Crippen LogP contribution < -0.4 is 11.2 Å². The molecule has 20 heavy (non-hydrogen) atoms. The summed E-state index contributed by atoms with van der Waals surface area (Å²) in [6.45, 7) is 3.67. The van der Waals surface area contributed by atoms with Crippen molar-refractivity contribution in [3.8, 4) is 5.69 Å². The van der Waals surface area contributed by atoms with E-state index >= 15 is 0 Å². The van der Waals surface area contributed by atoms with E-state index in [1.165, 1.54) is 0 Å². The van der Waals surface area contributed by atoms with Gasteiger partial charge in [0.1, 0.15) is 5.15 Å². The molecule has 0 aliphatic rings. The fourth-order valence-corrected chi connectivity index (χ4v) is 3.15. The topological polar surface area (TPSA) is 54.9 Å². The number of nitrogens with zero attached hydrogens (tertiary/aromatic N) is 1. The van der Waals surface area contributed by atoms with Crippen LogP contribution in [0.5, 0.6) is 0 Å². The molecular formula is C13H11BrCl2N2O2. The Morgan fingerprint density at radius 1 is 1.25 bits per heavy atom. The molecular weight excluding hydrogens is 367 g/mol. The van der Waals surface area contributed by atoms with Crippen LogP contribution in [-0.2, 0) is 0 Å². The molecule has 0 atom stereocenters. The summed E-state index contributed by atoms with van der Waals surface area (Å²) in [5.74, 6) is -0.107. The number of nitrogens with one attached hydrogen (secondary N) is 1. The lowest BCUT2D eigenvalue weighted by atomic mass is 10.1. The van der Waals surface area contributed by atoms with Crippen molar-refractivity contribution in [1.82, 2.24) is 9.55 Å². The predicted molar refractivity (Wildman–Crippen MR) is 84.5 cm³/mol. The number of benzene rings is 1. The summed E-state index contributed by atoms with van der Waals surface area (Å²) in [5.41, 5.74) is -0.239. The third-order valence-electron chi connectivity index (χ3n) is 2.82. The minimum Gasteiger partial charge on any atom is -0.297 e. The second-order valence-corrected chi connectivity index (χ2v) is 6.22. The summed E-state index contributed by atoms with van der Waals surface area (Å²) in [5, 5.41) is 0.583. The Balaban J connectivity index is 2.85. The maximum absolute atomic E-state index is 12.5. The third-order valence-corrected chi connectivity index (χ3v) is 3.99. The lowest BCUT2D eigenvalue weighted by Gasteiger charge is -2.12. The SMILES string of the molecule is CC(C)c1c(Cl)[nH]c(=O)n(-c2ccc(Cl)cc2Br)c1=O. The zero-order chi connectivity index (χ0) is 15.0. The average molecular weight is 378 g/mol. The molecule has 0 fully saturated rings. The van der Waals surface area contributed by atoms with Gasteiger partial charge in [-0.15, -0.1) is 0 Å². The molecule has 0 spiro atoms. The van der Waals surface area contributed by atoms with Crippen LogP contribution in [0.2, 0.25) is 10.2 Å². The molecule has 0 aliphatic carbocycles. The maximum Gasteiger partial charge on any atom is 0.334 e. The molecule has 4 nitrogen and oxygen atoms in total. The number of aromatic nitrogens is 2. The van der Waals surface area contributed by atoms with Gasteiger partial charge in [0.05, 0.1) is 11.3 Å². The van der Waals surface area contributed by atoms with Crippen LogP contribution in [0.1, 0.15) is 25.3 Å². The highest BCUT2D eigenvalue weighted by Crippen LogP contribution is 2.24. The number of hydrogen-bond acceptors (Lipinski definition) is 2. The van der Waals surface area contributed by atoms with E-state index in [0.29, 0.717) is 20.7 Å². The summed E-state index contributed by atoms with van der Waals surface area (Å²) >= 11 is 15.1. The highest BCUT2D eigenvalue weighted by atomic mass is 79.9. The molecule has 0 saturated carbocycles. The van der Waals surface area contributed by atoms with Crippen LogP contribution in [0.15, 0.2) is 32.3 Å². The Labute approximate surface area is 133 Å². The normalized spacial score (nSPS) is 11.1. The molecule has 106 valence electrons. The van der Waals surface area contributed by atoms with Gasteiger partial charge < -0.3 is 0 Å². The monoisotopic (exact) mass is 376 g/mol. The molecule has 7 heteroatoms. The number of halogens is 3. The molecule has 1 N–H and O–H groups in total. The first-order valence-electron chi connectivity index (χ1n) is 5.83. The molecule has 2 rings (SSSR count). The lowest BCUT2D eigenvalue weighted by Crippen LogP contribution is -2.36. The molecule has 0 bridgehead atoms. The Kier molecular flexibility index (Phi) is 4.42. The quantitative estimate of drug-likeness (QED) is 0.811. The molecule has 0 radical (unpaired) electrons. The summed E-state index contributed by atoms with van der Waals surface area (Å²) in [6.07, 6.45) is 0. The van der Waals surface area contributed by atoms with Crippen LogP contribution in [0.3, 0.4) is 0 Å². The fraction of sp³-hybridized carbons (Fsp3) is 0.231. The van der Waals surface area contributed by atoms with Crippen LogP contribution in [0.4, 0.5) is 0 Å². The van der Waals surface area contributed by atoms with Crippen molar-refractivity contribution in [2.45, 2.75) is 19.8 Å². The van der Waals surface area contributed by atoms with E-state index in [2.05, 4.69) is 20.9 Å². The second kappa shape index (κ2) is 5.76. The van der Waals surface area contributed by atoms with Gasteiger partial charge in [-0.05, 0) is 40.0 Å². The summed E-state index contributed by atoms with van der Waals surface area (Å²) < 4.78 is 1.59. The van der Waals surface area contributed by atoms with Crippen LogP contribution in [-0.4, -0.2) is 9.55 Å². The van der Waals surface area contributed by atoms with Crippen molar-refractivity contribution in [2.24, 2.45) is 0 Å². The molecule has 1 heterocycles. The van der Waals surface area contributed by atoms with Crippen molar-refractivity contribution in [1.29, 1.82) is 0 Å². The van der Waals surface area contributed by atoms with Gasteiger partial charge in [-0.25, -0.2) is 9.36 Å². The van der Waals surface area contributed by atoms with E-state index in [1.54, 1.807) is 18.2 Å². The number of hydrogen-bond donors (Lipinski definition) is 1. The fourth-order valence-electron chi connectivity index (χ4n) is 1.91. The van der Waals surface area contributed by atoms with Gasteiger partial charge in [-0.2, -0.15) is 0 Å². The second-order valence-electron chi connectivity index (χ2n) is 4.55. The van der Waals surface area contributed by atoms with Crippen LogP contribution in [0, 0.1) is 0 Å². The zero-order valence-electron chi connectivity index (χ0n) is 10.7. The Morgan fingerprint density at radius 2 is 1.90 bits per heavy atom. The van der Waals surface area contributed by atoms with Gasteiger partial charge >= 0.3 is 5.69 Å². The standard InChI is InChI=1S/C13H11BrCl2N2O2/c1-6(2)10-11(16)17-13(20)18(12(10)19)9-4-3-7(15)5-8(9)14/h3-6H,1-2H3,(H,17,20). The highest BCUT2D eigenvalue weighted by Gasteiger charge is 2.18. The highest BCUT2D eigenvalue weighted by molar-refractivity contribution is 9.10. The van der Waals surface area contributed by atoms with E-state index in [4.69, 9.17) is 23.2 Å². The van der Waals surface area contributed by atoms with Crippen molar-refractivity contribution < 1.29 is 0 Å². The van der Waals surface area contributed by atoms with Crippen molar-refractivity contribution in [3.05, 3.63) is 59.2 Å². The van der Waals surface area contributed by atoms with Gasteiger partial charge in [0.2, 0.25) is 0 Å². The largest absolute Gasteiger partial charge is 0.334 e. The summed E-state index contributed by atoms with van der Waals surface area (Å²) in [4.78, 5) is 27.0. The van der Waals surface area contributed by atoms with Gasteiger partial charge in [-0.3, -0.25) is 9.78 Å². The first-order chi connectivity index (χ1) is 9.32. The van der Waals surface area contributed by atoms with Crippen molar-refractivity contribution in [2.75, 3.05) is 0 Å². The Morgan fingerprint density at radius 3 is 2.45 bits per heavy atom. The lowest BCUT2D eigenvalue weighted by molar-refractivity contribution is 0.776. The van der Waals surface area contributed by atoms with Gasteiger partial charge in [0.15, 0.2) is 0 Å². The summed E-state index contributed by atoms with van der Waals surface area (Å²) in [7, 11) is 0.